The Morgan fingerprint density at radius 1 is 1.19 bits per heavy atom. The van der Waals surface area contributed by atoms with E-state index in [1.54, 1.807) is 39.4 Å². The van der Waals surface area contributed by atoms with Crippen LogP contribution < -0.4 is 10.6 Å². The minimum absolute atomic E-state index is 0.0317. The molecule has 1 unspecified atom stereocenters. The quantitative estimate of drug-likeness (QED) is 0.240. The predicted molar refractivity (Wildman–Crippen MR) is 157 cm³/mol. The van der Waals surface area contributed by atoms with Crippen molar-refractivity contribution in [2.45, 2.75) is 82.2 Å². The predicted octanol–water partition coefficient (Wildman–Crippen LogP) is 6.48. The molecule has 2 fully saturated rings. The molecular formula is C30H36F4N6O2S. The van der Waals surface area contributed by atoms with Gasteiger partial charge in [0.15, 0.2) is 10.8 Å². The average Bonchev–Trinajstić information content (AvgIpc) is 3.73. The second kappa shape index (κ2) is 13.1. The third-order valence-electron chi connectivity index (χ3n) is 8.03. The van der Waals surface area contributed by atoms with Gasteiger partial charge in [-0.05, 0) is 38.3 Å². The molecule has 2 aromatic heterocycles. The highest BCUT2D eigenvalue weighted by Crippen LogP contribution is 2.39. The standard InChI is InChI=1S/C30H36F4N6O2S/c1-29(31,32)23-10-5-4-9-22(23)25-18-24(38-40(25)21-7-2-3-8-21)27(42)36-20(17-26(41)37-28-35-13-16-43-28)11-15-39-14-6-12-30(33,34)19-39/h4-5,9-10,13,16,18,20-21H,2-3,6-8,11-12,14-15,17,19H2,1H3,(H,36,42)(H,35,37,41). The Kier molecular flexibility index (Phi) is 9.50. The number of aromatic nitrogens is 3. The average molecular weight is 621 g/mol. The number of nitrogens with zero attached hydrogens (tertiary/aromatic N) is 4. The summed E-state index contributed by atoms with van der Waals surface area (Å²) in [6, 6.07) is 7.03. The van der Waals surface area contributed by atoms with Crippen molar-refractivity contribution in [1.82, 2.24) is 25.0 Å². The van der Waals surface area contributed by atoms with E-state index in [1.165, 1.54) is 23.5 Å². The van der Waals surface area contributed by atoms with Crippen molar-refractivity contribution in [3.8, 4) is 11.3 Å². The zero-order valence-electron chi connectivity index (χ0n) is 24.0. The Balaban J connectivity index is 1.38. The van der Waals surface area contributed by atoms with Crippen LogP contribution in [0.5, 0.6) is 0 Å². The smallest absolute Gasteiger partial charge is 0.272 e. The van der Waals surface area contributed by atoms with E-state index >= 15 is 0 Å². The highest BCUT2D eigenvalue weighted by Gasteiger charge is 2.35. The number of anilines is 1. The van der Waals surface area contributed by atoms with Crippen LogP contribution in [0.25, 0.3) is 11.3 Å². The molecule has 2 aliphatic rings. The van der Waals surface area contributed by atoms with Crippen molar-refractivity contribution in [2.24, 2.45) is 0 Å². The van der Waals surface area contributed by atoms with Gasteiger partial charge in [-0.25, -0.2) is 22.5 Å². The van der Waals surface area contributed by atoms with Gasteiger partial charge < -0.3 is 10.6 Å². The number of piperidine rings is 1. The van der Waals surface area contributed by atoms with E-state index in [9.17, 15) is 27.2 Å². The molecule has 232 valence electrons. The fourth-order valence-electron chi connectivity index (χ4n) is 5.96. The van der Waals surface area contributed by atoms with Crippen molar-refractivity contribution in [2.75, 3.05) is 25.0 Å². The first kappa shape index (κ1) is 31.1. The number of carbonyl (C=O) groups is 2. The number of alkyl halides is 4. The summed E-state index contributed by atoms with van der Waals surface area (Å²) in [5.41, 5.74) is 0.628. The van der Waals surface area contributed by atoms with Gasteiger partial charge in [0.1, 0.15) is 0 Å². The first-order chi connectivity index (χ1) is 20.5. The van der Waals surface area contributed by atoms with Crippen LogP contribution in [0.2, 0.25) is 0 Å². The largest absolute Gasteiger partial charge is 0.347 e. The topological polar surface area (TPSA) is 92.2 Å². The van der Waals surface area contributed by atoms with E-state index in [0.29, 0.717) is 29.4 Å². The van der Waals surface area contributed by atoms with Gasteiger partial charge in [-0.1, -0.05) is 37.1 Å². The zero-order chi connectivity index (χ0) is 30.6. The van der Waals surface area contributed by atoms with E-state index in [0.717, 1.165) is 32.6 Å². The second-order valence-electron chi connectivity index (χ2n) is 11.5. The molecule has 3 aromatic rings. The molecule has 1 aliphatic heterocycles. The van der Waals surface area contributed by atoms with Crippen LogP contribution in [0.15, 0.2) is 41.9 Å². The van der Waals surface area contributed by atoms with Crippen LogP contribution in [0.4, 0.5) is 22.7 Å². The molecule has 2 N–H and O–H groups in total. The maximum Gasteiger partial charge on any atom is 0.272 e. The molecule has 2 amide bonds. The highest BCUT2D eigenvalue weighted by atomic mass is 32.1. The fraction of sp³-hybridized carbons (Fsp3) is 0.533. The summed E-state index contributed by atoms with van der Waals surface area (Å²) >= 11 is 1.25. The molecule has 8 nitrogen and oxygen atoms in total. The van der Waals surface area contributed by atoms with Crippen LogP contribution in [-0.2, 0) is 10.7 Å². The number of benzene rings is 1. The van der Waals surface area contributed by atoms with Crippen LogP contribution in [-0.4, -0.2) is 63.1 Å². The van der Waals surface area contributed by atoms with Crippen molar-refractivity contribution < 1.29 is 27.2 Å². The van der Waals surface area contributed by atoms with E-state index < -0.39 is 23.8 Å². The molecule has 0 bridgehead atoms. The molecule has 1 saturated carbocycles. The summed E-state index contributed by atoms with van der Waals surface area (Å²) in [5.74, 6) is -6.81. The fourth-order valence-corrected chi connectivity index (χ4v) is 6.51. The maximum absolute atomic E-state index is 14.6. The number of likely N-dealkylation sites (tertiary alicyclic amines) is 1. The number of rotatable bonds is 11. The normalized spacial score (nSPS) is 18.4. The van der Waals surface area contributed by atoms with Gasteiger partial charge in [-0.2, -0.15) is 5.10 Å². The van der Waals surface area contributed by atoms with E-state index in [1.807, 2.05) is 0 Å². The number of halogens is 4. The first-order valence-electron chi connectivity index (χ1n) is 14.7. The van der Waals surface area contributed by atoms with Gasteiger partial charge in [0, 0.05) is 55.1 Å². The Labute approximate surface area is 251 Å². The Morgan fingerprint density at radius 2 is 1.95 bits per heavy atom. The molecule has 0 spiro atoms. The van der Waals surface area contributed by atoms with Gasteiger partial charge in [-0.15, -0.1) is 11.3 Å². The van der Waals surface area contributed by atoms with E-state index in [-0.39, 0.29) is 55.6 Å². The highest BCUT2D eigenvalue weighted by molar-refractivity contribution is 7.13. The first-order valence-corrected chi connectivity index (χ1v) is 15.5. The number of nitrogens with one attached hydrogen (secondary N) is 2. The number of thiazole rings is 1. The molecule has 1 aliphatic carbocycles. The number of amides is 2. The molecule has 1 saturated heterocycles. The molecule has 1 atom stereocenters. The van der Waals surface area contributed by atoms with Crippen molar-refractivity contribution in [3.63, 3.8) is 0 Å². The lowest BCUT2D eigenvalue weighted by Crippen LogP contribution is -2.45. The van der Waals surface area contributed by atoms with E-state index in [4.69, 9.17) is 0 Å². The minimum atomic E-state index is -3.11. The number of carbonyl (C=O) groups excluding carboxylic acids is 2. The van der Waals surface area contributed by atoms with Crippen LogP contribution in [0, 0.1) is 0 Å². The monoisotopic (exact) mass is 620 g/mol. The van der Waals surface area contributed by atoms with Crippen molar-refractivity contribution in [3.05, 3.63) is 53.2 Å². The minimum Gasteiger partial charge on any atom is -0.347 e. The molecule has 1 aromatic carbocycles. The lowest BCUT2D eigenvalue weighted by atomic mass is 9.99. The van der Waals surface area contributed by atoms with Gasteiger partial charge in [-0.3, -0.25) is 19.2 Å². The van der Waals surface area contributed by atoms with Gasteiger partial charge in [0.25, 0.3) is 17.8 Å². The summed E-state index contributed by atoms with van der Waals surface area (Å²) in [5, 5.41) is 12.3. The summed E-state index contributed by atoms with van der Waals surface area (Å²) in [6.45, 7) is 1.26. The van der Waals surface area contributed by atoms with Crippen molar-refractivity contribution in [1.29, 1.82) is 0 Å². The van der Waals surface area contributed by atoms with Gasteiger partial charge >= 0.3 is 0 Å². The van der Waals surface area contributed by atoms with Crippen LogP contribution in [0.1, 0.15) is 80.4 Å². The molecule has 0 radical (unpaired) electrons. The third kappa shape index (κ3) is 7.99. The van der Waals surface area contributed by atoms with Crippen LogP contribution >= 0.6 is 11.3 Å². The number of hydrogen-bond donors (Lipinski definition) is 2. The Morgan fingerprint density at radius 3 is 2.65 bits per heavy atom. The summed E-state index contributed by atoms with van der Waals surface area (Å²) in [7, 11) is 0. The summed E-state index contributed by atoms with van der Waals surface area (Å²) < 4.78 is 58.9. The summed E-state index contributed by atoms with van der Waals surface area (Å²) in [4.78, 5) is 32.1. The van der Waals surface area contributed by atoms with Gasteiger partial charge in [0.2, 0.25) is 5.91 Å². The van der Waals surface area contributed by atoms with Gasteiger partial charge in [0.05, 0.1) is 18.3 Å². The molecule has 13 heteroatoms. The van der Waals surface area contributed by atoms with E-state index in [2.05, 4.69) is 20.7 Å². The molecule has 5 rings (SSSR count). The van der Waals surface area contributed by atoms with Crippen molar-refractivity contribution >= 4 is 28.3 Å². The maximum atomic E-state index is 14.6. The number of hydrogen-bond acceptors (Lipinski definition) is 6. The SMILES string of the molecule is CC(F)(F)c1ccccc1-c1cc(C(=O)NC(CCN2CCCC(F)(F)C2)CC(=O)Nc2nccs2)nn1C1CCCC1. The summed E-state index contributed by atoms with van der Waals surface area (Å²) in [6.07, 6.45) is 5.52. The molecule has 43 heavy (non-hydrogen) atoms. The molecular weight excluding hydrogens is 584 g/mol. The molecule has 3 heterocycles. The zero-order valence-corrected chi connectivity index (χ0v) is 24.8. The van der Waals surface area contributed by atoms with Crippen LogP contribution in [0.3, 0.4) is 0 Å². The lowest BCUT2D eigenvalue weighted by Gasteiger charge is -2.33. The second-order valence-corrected chi connectivity index (χ2v) is 12.4. The lowest BCUT2D eigenvalue weighted by molar-refractivity contribution is -0.116. The Hall–Kier alpha value is -3.32. The Bertz CT molecular complexity index is 1400. The third-order valence-corrected chi connectivity index (χ3v) is 8.71.